The molecule has 0 aromatic rings. The Morgan fingerprint density at radius 2 is 1.73 bits per heavy atom. The molecule has 4 saturated carbocycles. The van der Waals surface area contributed by atoms with E-state index < -0.39 is 0 Å². The van der Waals surface area contributed by atoms with Crippen molar-refractivity contribution in [2.45, 2.75) is 77.7 Å². The van der Waals surface area contributed by atoms with Crippen LogP contribution in [0, 0.1) is 40.9 Å². The van der Waals surface area contributed by atoms with Crippen LogP contribution in [-0.2, 0) is 4.79 Å². The van der Waals surface area contributed by atoms with E-state index in [1.54, 1.807) is 0 Å². The second-order valence-corrected chi connectivity index (χ2v) is 9.19. The molecule has 8 atom stereocenters. The summed E-state index contributed by atoms with van der Waals surface area (Å²) >= 11 is 0. The summed E-state index contributed by atoms with van der Waals surface area (Å²) in [6, 6.07) is 0. The van der Waals surface area contributed by atoms with Crippen LogP contribution < -0.4 is 0 Å². The van der Waals surface area contributed by atoms with Crippen molar-refractivity contribution >= 4 is 5.78 Å². The monoisotopic (exact) mass is 304 g/mol. The first kappa shape index (κ1) is 15.2. The van der Waals surface area contributed by atoms with Crippen molar-refractivity contribution in [1.29, 1.82) is 0 Å². The minimum Gasteiger partial charge on any atom is -0.393 e. The van der Waals surface area contributed by atoms with Crippen molar-refractivity contribution in [1.82, 2.24) is 0 Å². The molecule has 4 aliphatic rings. The van der Waals surface area contributed by atoms with Gasteiger partial charge in [-0.1, -0.05) is 6.92 Å². The third-order valence-electron chi connectivity index (χ3n) is 8.42. The molecule has 0 spiro atoms. The Morgan fingerprint density at radius 1 is 0.955 bits per heavy atom. The number of carbonyl (C=O) groups is 1. The third-order valence-corrected chi connectivity index (χ3v) is 8.42. The lowest BCUT2D eigenvalue weighted by Crippen LogP contribution is -2.49. The van der Waals surface area contributed by atoms with Crippen LogP contribution in [0.3, 0.4) is 0 Å². The highest BCUT2D eigenvalue weighted by molar-refractivity contribution is 5.79. The number of carbonyl (C=O) groups excluding carboxylic acids is 1. The molecule has 124 valence electrons. The Hall–Kier alpha value is -0.370. The van der Waals surface area contributed by atoms with Crippen LogP contribution in [0.5, 0.6) is 0 Å². The summed E-state index contributed by atoms with van der Waals surface area (Å²) in [6.45, 7) is 4.26. The lowest BCUT2D eigenvalue weighted by molar-refractivity contribution is -0.128. The van der Waals surface area contributed by atoms with Crippen molar-refractivity contribution in [3.63, 3.8) is 0 Å². The molecule has 0 aromatic heterocycles. The van der Waals surface area contributed by atoms with E-state index in [-0.39, 0.29) is 6.10 Å². The van der Waals surface area contributed by atoms with Crippen LogP contribution in [-0.4, -0.2) is 17.0 Å². The molecule has 0 radical (unpaired) electrons. The van der Waals surface area contributed by atoms with E-state index in [1.807, 2.05) is 6.92 Å². The fourth-order valence-corrected chi connectivity index (χ4v) is 7.50. The molecule has 0 heterocycles. The minimum atomic E-state index is -0.0276. The van der Waals surface area contributed by atoms with Crippen LogP contribution in [0.1, 0.15) is 71.6 Å². The maximum absolute atomic E-state index is 12.1. The molecule has 0 aliphatic heterocycles. The van der Waals surface area contributed by atoms with Gasteiger partial charge in [-0.15, -0.1) is 0 Å². The molecule has 22 heavy (non-hydrogen) atoms. The highest BCUT2D eigenvalue weighted by atomic mass is 16.3. The fraction of sp³-hybridized carbons (Fsp3) is 0.950. The smallest absolute Gasteiger partial charge is 0.133 e. The van der Waals surface area contributed by atoms with Crippen molar-refractivity contribution in [2.75, 3.05) is 0 Å². The van der Waals surface area contributed by atoms with E-state index in [0.717, 1.165) is 48.9 Å². The van der Waals surface area contributed by atoms with Gasteiger partial charge in [-0.3, -0.25) is 4.79 Å². The predicted molar refractivity (Wildman–Crippen MR) is 87.3 cm³/mol. The first-order chi connectivity index (χ1) is 10.5. The average molecular weight is 304 g/mol. The molecule has 0 bridgehead atoms. The van der Waals surface area contributed by atoms with Crippen molar-refractivity contribution < 1.29 is 9.90 Å². The highest BCUT2D eigenvalue weighted by Gasteiger charge is 2.57. The molecular formula is C20H32O2. The van der Waals surface area contributed by atoms with E-state index in [0.29, 0.717) is 17.1 Å². The number of aliphatic hydroxyl groups is 1. The highest BCUT2D eigenvalue weighted by Crippen LogP contribution is 2.64. The van der Waals surface area contributed by atoms with Crippen LogP contribution in [0.25, 0.3) is 0 Å². The lowest BCUT2D eigenvalue weighted by Gasteiger charge is -2.56. The maximum Gasteiger partial charge on any atom is 0.133 e. The standard InChI is InChI=1S/C20H32O2/c1-12(21)18-7-8-19-17-5-3-13-11-14(22)4-6-15(13)16(17)9-10-20(18,19)2/h13-19,22H,3-11H2,1-2H3. The first-order valence-electron chi connectivity index (χ1n) is 9.69. The fourth-order valence-electron chi connectivity index (χ4n) is 7.50. The van der Waals surface area contributed by atoms with Crippen molar-refractivity contribution in [2.24, 2.45) is 40.9 Å². The van der Waals surface area contributed by atoms with Gasteiger partial charge >= 0.3 is 0 Å². The van der Waals surface area contributed by atoms with Gasteiger partial charge in [0.05, 0.1) is 6.10 Å². The number of hydrogen-bond donors (Lipinski definition) is 1. The topological polar surface area (TPSA) is 37.3 Å². The normalized spacial score (nSPS) is 54.2. The first-order valence-corrected chi connectivity index (χ1v) is 9.69. The molecule has 0 saturated heterocycles. The Kier molecular flexibility index (Phi) is 3.67. The minimum absolute atomic E-state index is 0.0276. The Morgan fingerprint density at radius 3 is 2.50 bits per heavy atom. The summed E-state index contributed by atoms with van der Waals surface area (Å²) in [4.78, 5) is 12.1. The van der Waals surface area contributed by atoms with Gasteiger partial charge in [0.25, 0.3) is 0 Å². The molecule has 4 aliphatic carbocycles. The Balaban J connectivity index is 1.56. The number of aliphatic hydroxyl groups excluding tert-OH is 1. The van der Waals surface area contributed by atoms with E-state index in [1.165, 1.54) is 38.5 Å². The molecule has 8 unspecified atom stereocenters. The van der Waals surface area contributed by atoms with Gasteiger partial charge < -0.3 is 5.11 Å². The van der Waals surface area contributed by atoms with Crippen molar-refractivity contribution in [3.8, 4) is 0 Å². The summed E-state index contributed by atoms with van der Waals surface area (Å²) < 4.78 is 0. The third kappa shape index (κ3) is 2.12. The van der Waals surface area contributed by atoms with Crippen LogP contribution >= 0.6 is 0 Å². The quantitative estimate of drug-likeness (QED) is 0.788. The predicted octanol–water partition coefficient (Wildman–Crippen LogP) is 4.21. The van der Waals surface area contributed by atoms with E-state index in [2.05, 4.69) is 6.92 Å². The zero-order valence-corrected chi connectivity index (χ0v) is 14.3. The van der Waals surface area contributed by atoms with Gasteiger partial charge in [0.2, 0.25) is 0 Å². The summed E-state index contributed by atoms with van der Waals surface area (Å²) in [5.74, 6) is 5.02. The SMILES string of the molecule is CC(=O)C1CCC2C3CCC4CC(O)CCC4C3CCC12C. The molecule has 4 fully saturated rings. The second kappa shape index (κ2) is 5.33. The number of rotatable bonds is 1. The van der Waals surface area contributed by atoms with E-state index in [4.69, 9.17) is 0 Å². The van der Waals surface area contributed by atoms with Gasteiger partial charge in [-0.25, -0.2) is 0 Å². The summed E-state index contributed by atoms with van der Waals surface area (Å²) in [6.07, 6.45) is 11.1. The summed E-state index contributed by atoms with van der Waals surface area (Å²) in [7, 11) is 0. The zero-order chi connectivity index (χ0) is 15.5. The van der Waals surface area contributed by atoms with E-state index in [9.17, 15) is 9.90 Å². The summed E-state index contributed by atoms with van der Waals surface area (Å²) in [5.41, 5.74) is 0.300. The van der Waals surface area contributed by atoms with Crippen LogP contribution in [0.4, 0.5) is 0 Å². The van der Waals surface area contributed by atoms with Crippen LogP contribution in [0.2, 0.25) is 0 Å². The molecule has 2 heteroatoms. The van der Waals surface area contributed by atoms with Crippen LogP contribution in [0.15, 0.2) is 0 Å². The Bertz CT molecular complexity index is 459. The number of hydrogen-bond acceptors (Lipinski definition) is 2. The largest absolute Gasteiger partial charge is 0.393 e. The van der Waals surface area contributed by atoms with E-state index >= 15 is 0 Å². The van der Waals surface area contributed by atoms with Crippen molar-refractivity contribution in [3.05, 3.63) is 0 Å². The molecule has 0 aromatic carbocycles. The molecule has 1 N–H and O–H groups in total. The van der Waals surface area contributed by atoms with Gasteiger partial charge in [-0.05, 0) is 99.7 Å². The Labute approximate surface area is 135 Å². The van der Waals surface area contributed by atoms with Gasteiger partial charge in [-0.2, -0.15) is 0 Å². The average Bonchev–Trinajstić information content (AvgIpc) is 2.84. The van der Waals surface area contributed by atoms with Gasteiger partial charge in [0.1, 0.15) is 5.78 Å². The molecule has 4 rings (SSSR count). The molecular weight excluding hydrogens is 272 g/mol. The molecule has 2 nitrogen and oxygen atoms in total. The maximum atomic E-state index is 12.1. The number of fused-ring (bicyclic) bond motifs is 5. The second-order valence-electron chi connectivity index (χ2n) is 9.19. The zero-order valence-electron chi connectivity index (χ0n) is 14.3. The molecule has 0 amide bonds. The number of ketones is 1. The van der Waals surface area contributed by atoms with Gasteiger partial charge in [0, 0.05) is 5.92 Å². The summed E-state index contributed by atoms with van der Waals surface area (Å²) in [5, 5.41) is 9.99. The van der Waals surface area contributed by atoms with Gasteiger partial charge in [0.15, 0.2) is 0 Å². The lowest BCUT2D eigenvalue weighted by atomic mass is 9.49. The number of Topliss-reactive ketones (excluding diaryl/α,β-unsaturated/α-hetero) is 1.